The lowest BCUT2D eigenvalue weighted by Crippen LogP contribution is -2.16. The molecule has 1 N–H and O–H groups in total. The number of halogens is 3. The zero-order valence-electron chi connectivity index (χ0n) is 16.5. The Morgan fingerprint density at radius 2 is 1.19 bits per heavy atom. The molecule has 0 amide bonds. The lowest BCUT2D eigenvalue weighted by atomic mass is 10.2. The second kappa shape index (κ2) is 8.80. The minimum absolute atomic E-state index is 0.167. The molecule has 0 aromatic heterocycles. The third-order valence-electron chi connectivity index (χ3n) is 4.73. The molecule has 162 valence electrons. The number of rotatable bonds is 5. The van der Waals surface area contributed by atoms with Crippen molar-refractivity contribution in [3.8, 4) is 5.75 Å². The monoisotopic (exact) mass is 454 g/mol. The number of phenols is 1. The molecule has 0 saturated heterocycles. The predicted octanol–water partition coefficient (Wildman–Crippen LogP) is 6.86. The first kappa shape index (κ1) is 21.5. The van der Waals surface area contributed by atoms with Crippen molar-refractivity contribution in [2.24, 2.45) is 0 Å². The Morgan fingerprint density at radius 1 is 0.719 bits per heavy atom. The van der Waals surface area contributed by atoms with E-state index in [1.165, 1.54) is 24.3 Å². The number of carbonyl (C=O) groups is 1. The maximum Gasteiger partial charge on any atom is 0.353 e. The van der Waals surface area contributed by atoms with Crippen LogP contribution in [0, 0.1) is 17.5 Å². The highest BCUT2D eigenvalue weighted by molar-refractivity contribution is 8.30. The van der Waals surface area contributed by atoms with Crippen molar-refractivity contribution in [3.05, 3.63) is 120 Å². The molecule has 0 heterocycles. The van der Waals surface area contributed by atoms with E-state index in [0.29, 0.717) is 21.9 Å². The molecule has 0 saturated carbocycles. The number of aromatic hydroxyl groups is 1. The highest BCUT2D eigenvalue weighted by Gasteiger charge is 2.41. The van der Waals surface area contributed by atoms with Crippen LogP contribution in [0.2, 0.25) is 0 Å². The van der Waals surface area contributed by atoms with Gasteiger partial charge in [-0.3, -0.25) is 0 Å². The van der Waals surface area contributed by atoms with Gasteiger partial charge in [0.1, 0.15) is 33.7 Å². The molecule has 7 heteroatoms. The molecule has 0 spiro atoms. The van der Waals surface area contributed by atoms with Gasteiger partial charge in [0.15, 0.2) is 0 Å². The molecule has 32 heavy (non-hydrogen) atoms. The van der Waals surface area contributed by atoms with Gasteiger partial charge in [-0.2, -0.15) is 0 Å². The number of para-hydroxylation sites is 1. The van der Waals surface area contributed by atoms with Crippen LogP contribution in [0.25, 0.3) is 0 Å². The molecular weight excluding hydrogens is 437 g/mol. The summed E-state index contributed by atoms with van der Waals surface area (Å²) in [6.07, 6.45) is 0. The highest BCUT2D eigenvalue weighted by Crippen LogP contribution is 2.70. The Hall–Kier alpha value is -3.71. The standard InChI is InChI=1S/C25H17F3O3S/c26-17-15-21(27)24(22(28)16-17)32(18-9-3-1-4-10-18,19-11-5-2-6-12-19)31-25(30)20-13-7-8-14-23(20)29/h1-16,29H. The van der Waals surface area contributed by atoms with Crippen LogP contribution in [0.3, 0.4) is 0 Å². The summed E-state index contributed by atoms with van der Waals surface area (Å²) in [4.78, 5) is 13.3. The van der Waals surface area contributed by atoms with E-state index in [1.807, 2.05) is 0 Å². The third kappa shape index (κ3) is 3.83. The van der Waals surface area contributed by atoms with E-state index in [2.05, 4.69) is 0 Å². The molecule has 0 radical (unpaired) electrons. The summed E-state index contributed by atoms with van der Waals surface area (Å²) >= 11 is 0. The first-order valence-electron chi connectivity index (χ1n) is 9.53. The molecule has 3 nitrogen and oxygen atoms in total. The van der Waals surface area contributed by atoms with Crippen molar-refractivity contribution in [2.75, 3.05) is 0 Å². The van der Waals surface area contributed by atoms with Gasteiger partial charge in [-0.25, -0.2) is 18.0 Å². The van der Waals surface area contributed by atoms with Crippen molar-refractivity contribution < 1.29 is 27.3 Å². The normalized spacial score (nSPS) is 11.7. The zero-order valence-corrected chi connectivity index (χ0v) is 17.4. The van der Waals surface area contributed by atoms with Crippen LogP contribution in [0.5, 0.6) is 5.75 Å². The largest absolute Gasteiger partial charge is 0.507 e. The number of benzene rings is 4. The van der Waals surface area contributed by atoms with Gasteiger partial charge in [0.05, 0.1) is 0 Å². The summed E-state index contributed by atoms with van der Waals surface area (Å²) in [6, 6.07) is 23.2. The number of carbonyl (C=O) groups excluding carboxylic acids is 1. The Balaban J connectivity index is 2.05. The molecule has 0 aliphatic carbocycles. The van der Waals surface area contributed by atoms with Crippen LogP contribution < -0.4 is 0 Å². The van der Waals surface area contributed by atoms with Gasteiger partial charge in [-0.15, -0.1) is 0 Å². The van der Waals surface area contributed by atoms with Gasteiger partial charge in [0.2, 0.25) is 0 Å². The topological polar surface area (TPSA) is 46.5 Å². The van der Waals surface area contributed by atoms with E-state index < -0.39 is 38.6 Å². The summed E-state index contributed by atoms with van der Waals surface area (Å²) in [6.45, 7) is 0. The molecule has 0 fully saturated rings. The van der Waals surface area contributed by atoms with E-state index in [-0.39, 0.29) is 11.3 Å². The summed E-state index contributed by atoms with van der Waals surface area (Å²) in [5, 5.41) is 10.1. The molecular formula is C25H17F3O3S. The van der Waals surface area contributed by atoms with Gasteiger partial charge in [0, 0.05) is 21.9 Å². The van der Waals surface area contributed by atoms with Crippen LogP contribution in [-0.2, 0) is 4.18 Å². The minimum Gasteiger partial charge on any atom is -0.507 e. The van der Waals surface area contributed by atoms with Crippen LogP contribution >= 0.6 is 10.3 Å². The van der Waals surface area contributed by atoms with Gasteiger partial charge in [-0.1, -0.05) is 48.5 Å². The van der Waals surface area contributed by atoms with Crippen molar-refractivity contribution in [3.63, 3.8) is 0 Å². The first-order chi connectivity index (χ1) is 15.4. The van der Waals surface area contributed by atoms with E-state index in [1.54, 1.807) is 60.7 Å². The molecule has 0 bridgehead atoms. The van der Waals surface area contributed by atoms with Gasteiger partial charge in [-0.05, 0) is 46.7 Å². The summed E-state index contributed by atoms with van der Waals surface area (Å²) in [5.74, 6) is -4.78. The van der Waals surface area contributed by atoms with Crippen LogP contribution in [0.15, 0.2) is 112 Å². The highest BCUT2D eigenvalue weighted by atomic mass is 32.3. The van der Waals surface area contributed by atoms with E-state index in [0.717, 1.165) is 0 Å². The van der Waals surface area contributed by atoms with Gasteiger partial charge < -0.3 is 9.29 Å². The fourth-order valence-corrected chi connectivity index (χ4v) is 6.43. The smallest absolute Gasteiger partial charge is 0.353 e. The van der Waals surface area contributed by atoms with E-state index in [4.69, 9.17) is 4.18 Å². The molecule has 0 atom stereocenters. The fraction of sp³-hybridized carbons (Fsp3) is 0. The van der Waals surface area contributed by atoms with Crippen molar-refractivity contribution in [2.45, 2.75) is 14.7 Å². The average molecular weight is 454 g/mol. The van der Waals surface area contributed by atoms with Gasteiger partial charge in [0.25, 0.3) is 0 Å². The number of hydrogen-bond acceptors (Lipinski definition) is 3. The lowest BCUT2D eigenvalue weighted by Gasteiger charge is -2.39. The maximum absolute atomic E-state index is 15.2. The fourth-order valence-electron chi connectivity index (χ4n) is 3.34. The Labute approximate surface area is 184 Å². The molecule has 4 aromatic carbocycles. The summed E-state index contributed by atoms with van der Waals surface area (Å²) in [5.41, 5.74) is -0.167. The Kier molecular flexibility index (Phi) is 5.92. The third-order valence-corrected chi connectivity index (χ3v) is 7.96. The Bertz CT molecular complexity index is 1200. The minimum atomic E-state index is -3.35. The number of hydrogen-bond donors (Lipinski definition) is 1. The van der Waals surface area contributed by atoms with Crippen LogP contribution in [0.4, 0.5) is 13.2 Å². The van der Waals surface area contributed by atoms with Crippen molar-refractivity contribution in [1.82, 2.24) is 0 Å². The molecule has 0 aliphatic heterocycles. The van der Waals surface area contributed by atoms with Crippen molar-refractivity contribution in [1.29, 1.82) is 0 Å². The number of phenolic OH excluding ortho intramolecular Hbond substituents is 1. The van der Waals surface area contributed by atoms with Crippen molar-refractivity contribution >= 4 is 16.3 Å². The molecule has 0 aliphatic rings. The van der Waals surface area contributed by atoms with Gasteiger partial charge >= 0.3 is 5.97 Å². The summed E-state index contributed by atoms with van der Waals surface area (Å²) in [7, 11) is -3.35. The average Bonchev–Trinajstić information content (AvgIpc) is 2.79. The summed E-state index contributed by atoms with van der Waals surface area (Å²) < 4.78 is 50.1. The Morgan fingerprint density at radius 3 is 1.69 bits per heavy atom. The SMILES string of the molecule is O=C(OS(c1ccccc1)(c1ccccc1)c1c(F)cc(F)cc1F)c1ccccc1O. The molecule has 4 rings (SSSR count). The molecule has 4 aromatic rings. The predicted molar refractivity (Wildman–Crippen MR) is 115 cm³/mol. The lowest BCUT2D eigenvalue weighted by molar-refractivity contribution is 0.0753. The maximum atomic E-state index is 15.2. The zero-order chi connectivity index (χ0) is 22.7. The second-order valence-electron chi connectivity index (χ2n) is 6.77. The van der Waals surface area contributed by atoms with E-state index in [9.17, 15) is 14.3 Å². The quantitative estimate of drug-likeness (QED) is 0.358. The van der Waals surface area contributed by atoms with Crippen LogP contribution in [0.1, 0.15) is 10.4 Å². The second-order valence-corrected chi connectivity index (χ2v) is 9.40. The first-order valence-corrected chi connectivity index (χ1v) is 11.1. The molecule has 0 unspecified atom stereocenters. The van der Waals surface area contributed by atoms with Crippen LogP contribution in [-0.4, -0.2) is 11.1 Å². The van der Waals surface area contributed by atoms with E-state index >= 15 is 8.78 Å².